The van der Waals surface area contributed by atoms with E-state index in [0.29, 0.717) is 37.7 Å². The summed E-state index contributed by atoms with van der Waals surface area (Å²) in [6, 6.07) is 5.44. The van der Waals surface area contributed by atoms with E-state index in [2.05, 4.69) is 0 Å². The third-order valence-electron chi connectivity index (χ3n) is 3.15. The van der Waals surface area contributed by atoms with E-state index in [1.165, 1.54) is 0 Å². The highest BCUT2D eigenvalue weighted by atomic mass is 16.5. The van der Waals surface area contributed by atoms with Gasteiger partial charge >= 0.3 is 0 Å². The summed E-state index contributed by atoms with van der Waals surface area (Å²) in [6.07, 6.45) is 0.0746. The van der Waals surface area contributed by atoms with Gasteiger partial charge in [0.25, 0.3) is 0 Å². The summed E-state index contributed by atoms with van der Waals surface area (Å²) in [6.45, 7) is 5.07. The Morgan fingerprint density at radius 3 is 2.85 bits per heavy atom. The third-order valence-corrected chi connectivity index (χ3v) is 3.15. The molecule has 0 aliphatic carbocycles. The molecule has 0 radical (unpaired) electrons. The van der Waals surface area contributed by atoms with Crippen molar-refractivity contribution < 1.29 is 24.4 Å². The van der Waals surface area contributed by atoms with E-state index in [-0.39, 0.29) is 12.2 Å². The highest BCUT2D eigenvalue weighted by Crippen LogP contribution is 2.40. The lowest BCUT2D eigenvalue weighted by Gasteiger charge is -2.35. The molecule has 0 saturated carbocycles. The zero-order valence-corrected chi connectivity index (χ0v) is 12.0. The lowest BCUT2D eigenvalue weighted by atomic mass is 9.92. The molecule has 5 nitrogen and oxygen atoms in total. The maximum Gasteiger partial charge on any atom is 0.129 e. The van der Waals surface area contributed by atoms with Crippen LogP contribution >= 0.6 is 0 Å². The Kier molecular flexibility index (Phi) is 4.86. The summed E-state index contributed by atoms with van der Waals surface area (Å²) in [4.78, 5) is 0. The zero-order valence-electron chi connectivity index (χ0n) is 12.0. The molecule has 1 aliphatic heterocycles. The number of benzene rings is 1. The first-order valence-corrected chi connectivity index (χ1v) is 6.84. The smallest absolute Gasteiger partial charge is 0.129 e. The highest BCUT2D eigenvalue weighted by Gasteiger charge is 2.32. The van der Waals surface area contributed by atoms with E-state index >= 15 is 0 Å². The number of aliphatic hydroxyl groups excluding tert-OH is 2. The molecular weight excluding hydrogens is 260 g/mol. The number of aliphatic hydroxyl groups is 2. The Balaban J connectivity index is 1.97. The number of hydrogen-bond acceptors (Lipinski definition) is 5. The summed E-state index contributed by atoms with van der Waals surface area (Å²) in [5.74, 6) is 1.35. The molecule has 0 bridgehead atoms. The fourth-order valence-corrected chi connectivity index (χ4v) is 2.27. The minimum absolute atomic E-state index is 0.0135. The van der Waals surface area contributed by atoms with Crippen LogP contribution < -0.4 is 9.47 Å². The number of ether oxygens (including phenoxy) is 3. The van der Waals surface area contributed by atoms with E-state index in [4.69, 9.17) is 19.3 Å². The van der Waals surface area contributed by atoms with Crippen molar-refractivity contribution in [1.29, 1.82) is 0 Å². The maximum atomic E-state index is 10.1. The average Bonchev–Trinajstić information content (AvgIpc) is 2.36. The van der Waals surface area contributed by atoms with Crippen LogP contribution in [0.15, 0.2) is 18.2 Å². The van der Waals surface area contributed by atoms with Gasteiger partial charge in [-0.15, -0.1) is 0 Å². The van der Waals surface area contributed by atoms with Crippen molar-refractivity contribution in [3.05, 3.63) is 23.8 Å². The molecule has 2 rings (SSSR count). The molecule has 0 saturated heterocycles. The Morgan fingerprint density at radius 1 is 1.30 bits per heavy atom. The highest BCUT2D eigenvalue weighted by molar-refractivity contribution is 5.43. The summed E-state index contributed by atoms with van der Waals surface area (Å²) in [5, 5.41) is 18.7. The van der Waals surface area contributed by atoms with E-state index in [0.717, 1.165) is 5.56 Å². The predicted molar refractivity (Wildman–Crippen MR) is 74.1 cm³/mol. The normalized spacial score (nSPS) is 20.1. The summed E-state index contributed by atoms with van der Waals surface area (Å²) in [7, 11) is 0. The lowest BCUT2D eigenvalue weighted by Crippen LogP contribution is -2.34. The standard InChI is InChI=1S/C15H22O5/c1-15(2)10-13(17)12-4-3-11(9-14(12)20-15)19-8-7-18-6-5-16/h3-4,9,13,16-17H,5-8,10H2,1-2H3. The Hall–Kier alpha value is -1.30. The van der Waals surface area contributed by atoms with Crippen LogP contribution in [0.1, 0.15) is 31.9 Å². The van der Waals surface area contributed by atoms with E-state index in [9.17, 15) is 5.11 Å². The molecule has 1 aliphatic rings. The van der Waals surface area contributed by atoms with Gasteiger partial charge in [-0.25, -0.2) is 0 Å². The van der Waals surface area contributed by atoms with Crippen molar-refractivity contribution in [2.24, 2.45) is 0 Å². The molecule has 1 aromatic rings. The van der Waals surface area contributed by atoms with Crippen LogP contribution in [0.25, 0.3) is 0 Å². The number of rotatable bonds is 6. The summed E-state index contributed by atoms with van der Waals surface area (Å²) < 4.78 is 16.5. The second-order valence-electron chi connectivity index (χ2n) is 5.47. The monoisotopic (exact) mass is 282 g/mol. The Morgan fingerprint density at radius 2 is 2.10 bits per heavy atom. The van der Waals surface area contributed by atoms with Crippen LogP contribution in [0, 0.1) is 0 Å². The van der Waals surface area contributed by atoms with Crippen molar-refractivity contribution >= 4 is 0 Å². The molecular formula is C15H22O5. The minimum atomic E-state index is -0.504. The van der Waals surface area contributed by atoms with Crippen LogP contribution in [-0.4, -0.2) is 42.2 Å². The van der Waals surface area contributed by atoms with Gasteiger partial charge in [0, 0.05) is 18.1 Å². The lowest BCUT2D eigenvalue weighted by molar-refractivity contribution is 0.0112. The molecule has 112 valence electrons. The maximum absolute atomic E-state index is 10.1. The summed E-state index contributed by atoms with van der Waals surface area (Å²) in [5.41, 5.74) is 0.420. The van der Waals surface area contributed by atoms with Gasteiger partial charge in [-0.1, -0.05) is 0 Å². The second kappa shape index (κ2) is 6.43. The molecule has 1 atom stereocenters. The minimum Gasteiger partial charge on any atom is -0.491 e. The molecule has 5 heteroatoms. The Labute approximate surface area is 119 Å². The molecule has 0 amide bonds. The van der Waals surface area contributed by atoms with Gasteiger partial charge < -0.3 is 24.4 Å². The first-order valence-electron chi connectivity index (χ1n) is 6.84. The third kappa shape index (κ3) is 3.85. The van der Waals surface area contributed by atoms with Crippen LogP contribution in [0.2, 0.25) is 0 Å². The van der Waals surface area contributed by atoms with Crippen LogP contribution in [0.4, 0.5) is 0 Å². The van der Waals surface area contributed by atoms with E-state index < -0.39 is 6.10 Å². The van der Waals surface area contributed by atoms with Gasteiger partial charge in [-0.3, -0.25) is 0 Å². The SMILES string of the molecule is CC1(C)CC(O)c2ccc(OCCOCCO)cc2O1. The number of fused-ring (bicyclic) bond motifs is 1. The molecule has 1 unspecified atom stereocenters. The van der Waals surface area contributed by atoms with Crippen molar-refractivity contribution in [3.8, 4) is 11.5 Å². The molecule has 0 spiro atoms. The van der Waals surface area contributed by atoms with Crippen molar-refractivity contribution in [1.82, 2.24) is 0 Å². The fraction of sp³-hybridized carbons (Fsp3) is 0.600. The molecule has 0 aromatic heterocycles. The van der Waals surface area contributed by atoms with Crippen LogP contribution in [0.3, 0.4) is 0 Å². The molecule has 1 aromatic carbocycles. The van der Waals surface area contributed by atoms with Crippen LogP contribution in [-0.2, 0) is 4.74 Å². The average molecular weight is 282 g/mol. The molecule has 1 heterocycles. The van der Waals surface area contributed by atoms with Crippen LogP contribution in [0.5, 0.6) is 11.5 Å². The van der Waals surface area contributed by atoms with Gasteiger partial charge in [0.2, 0.25) is 0 Å². The first kappa shape index (κ1) is 15.1. The van der Waals surface area contributed by atoms with Gasteiger partial charge in [-0.2, -0.15) is 0 Å². The van der Waals surface area contributed by atoms with Crippen molar-refractivity contribution in [3.63, 3.8) is 0 Å². The van der Waals surface area contributed by atoms with Crippen molar-refractivity contribution in [2.75, 3.05) is 26.4 Å². The topological polar surface area (TPSA) is 68.2 Å². The molecule has 0 fully saturated rings. The van der Waals surface area contributed by atoms with Gasteiger partial charge in [0.05, 0.1) is 25.9 Å². The molecule has 2 N–H and O–H groups in total. The Bertz CT molecular complexity index is 444. The first-order chi connectivity index (χ1) is 9.52. The fourth-order valence-electron chi connectivity index (χ4n) is 2.27. The van der Waals surface area contributed by atoms with Gasteiger partial charge in [0.15, 0.2) is 0 Å². The quantitative estimate of drug-likeness (QED) is 0.777. The molecule has 20 heavy (non-hydrogen) atoms. The van der Waals surface area contributed by atoms with Gasteiger partial charge in [-0.05, 0) is 26.0 Å². The summed E-state index contributed by atoms with van der Waals surface area (Å²) >= 11 is 0. The zero-order chi connectivity index (χ0) is 14.6. The largest absolute Gasteiger partial charge is 0.491 e. The van der Waals surface area contributed by atoms with E-state index in [1.54, 1.807) is 6.07 Å². The van der Waals surface area contributed by atoms with Crippen molar-refractivity contribution in [2.45, 2.75) is 32.0 Å². The predicted octanol–water partition coefficient (Wildman–Crippen LogP) is 1.67. The second-order valence-corrected chi connectivity index (χ2v) is 5.47. The number of hydrogen-bond donors (Lipinski definition) is 2. The van der Waals surface area contributed by atoms with E-state index in [1.807, 2.05) is 26.0 Å². The van der Waals surface area contributed by atoms with Gasteiger partial charge in [0.1, 0.15) is 23.7 Å².